The smallest absolute Gasteiger partial charge is 0.120 e. The average Bonchev–Trinajstić information content (AvgIpc) is 3.25. The fourth-order valence-electron chi connectivity index (χ4n) is 7.56. The van der Waals surface area contributed by atoms with Crippen molar-refractivity contribution in [1.29, 1.82) is 0 Å². The van der Waals surface area contributed by atoms with Gasteiger partial charge in [-0.15, -0.1) is 0 Å². The predicted octanol–water partition coefficient (Wildman–Crippen LogP) is 7.07. The van der Waals surface area contributed by atoms with Crippen molar-refractivity contribution >= 4 is 0 Å². The summed E-state index contributed by atoms with van der Waals surface area (Å²) >= 11 is 0. The predicted molar refractivity (Wildman–Crippen MR) is 144 cm³/mol. The van der Waals surface area contributed by atoms with Gasteiger partial charge in [-0.25, -0.2) is 0 Å². The molecule has 2 saturated carbocycles. The molecule has 0 bridgehead atoms. The highest BCUT2D eigenvalue weighted by atomic mass is 16.5. The van der Waals surface area contributed by atoms with Crippen LogP contribution in [-0.4, -0.2) is 31.5 Å². The van der Waals surface area contributed by atoms with Crippen LogP contribution in [0.2, 0.25) is 0 Å². The van der Waals surface area contributed by atoms with Gasteiger partial charge in [0.25, 0.3) is 0 Å². The van der Waals surface area contributed by atoms with E-state index in [1.165, 1.54) is 50.5 Å². The number of aryl methyl sites for hydroxylation is 1. The molecule has 2 aromatic rings. The minimum absolute atomic E-state index is 0.312. The summed E-state index contributed by atoms with van der Waals surface area (Å²) in [6.07, 6.45) is 12.3. The van der Waals surface area contributed by atoms with E-state index in [4.69, 9.17) is 19.3 Å². The molecule has 0 amide bonds. The molecule has 2 fully saturated rings. The van der Waals surface area contributed by atoms with E-state index < -0.39 is 0 Å². The van der Waals surface area contributed by atoms with Crippen molar-refractivity contribution in [2.24, 2.45) is 17.3 Å². The Hall–Kier alpha value is -2.04. The van der Waals surface area contributed by atoms with Crippen molar-refractivity contribution in [1.82, 2.24) is 0 Å². The van der Waals surface area contributed by atoms with Crippen LogP contribution in [0.15, 0.2) is 42.5 Å². The van der Waals surface area contributed by atoms with Gasteiger partial charge in [-0.05, 0) is 115 Å². The molecule has 1 N–H and O–H groups in total. The summed E-state index contributed by atoms with van der Waals surface area (Å²) in [5.74, 6) is 4.13. The average molecular weight is 493 g/mol. The molecule has 0 aromatic heterocycles. The van der Waals surface area contributed by atoms with Gasteiger partial charge in [-0.3, -0.25) is 0 Å². The molecule has 3 aliphatic rings. The number of rotatable bonds is 11. The van der Waals surface area contributed by atoms with E-state index in [2.05, 4.69) is 37.3 Å². The summed E-state index contributed by atoms with van der Waals surface area (Å²) in [4.78, 5) is 0. The monoisotopic (exact) mass is 492 g/mol. The number of ether oxygens (including phenoxy) is 3. The van der Waals surface area contributed by atoms with E-state index >= 15 is 0 Å². The number of aliphatic hydroxyl groups is 1. The molecule has 0 aliphatic heterocycles. The zero-order valence-electron chi connectivity index (χ0n) is 22.2. The Labute approximate surface area is 217 Å². The van der Waals surface area contributed by atoms with Crippen LogP contribution in [-0.2, 0) is 17.8 Å². The molecular weight excluding hydrogens is 448 g/mol. The Bertz CT molecular complexity index is 986. The molecule has 0 spiro atoms. The second-order valence-electron chi connectivity index (χ2n) is 11.5. The number of fused-ring (bicyclic) bond motifs is 5. The first kappa shape index (κ1) is 25.6. The van der Waals surface area contributed by atoms with E-state index in [0.29, 0.717) is 30.7 Å². The molecule has 4 nitrogen and oxygen atoms in total. The Balaban J connectivity index is 1.18. The van der Waals surface area contributed by atoms with Crippen LogP contribution in [0.5, 0.6) is 11.5 Å². The third-order valence-corrected chi connectivity index (χ3v) is 9.55. The molecule has 5 rings (SSSR count). The SMILES string of the molecule is COc1ccc(COc2ccc3c(c2)CC[C@@H]2[C@@H]3CC[C@]3(C)[C@@H](OCCCCCCO)CC[C@@H]23)cc1. The molecule has 196 valence electrons. The standard InChI is InChI=1S/C32H44O4/c1-32-18-17-28-27-14-12-26(36-22-23-7-10-25(34-2)11-8-23)21-24(27)9-13-29(28)30(32)15-16-31(32)35-20-6-4-3-5-19-33/h7-8,10-12,14,21,28-31,33H,3-6,9,13,15-20,22H2,1-2H3/t28-,29-,30+,31+,32+/m1/s1. The third-order valence-electron chi connectivity index (χ3n) is 9.55. The van der Waals surface area contributed by atoms with Crippen LogP contribution in [0, 0.1) is 17.3 Å². The van der Waals surface area contributed by atoms with Gasteiger partial charge in [-0.2, -0.15) is 0 Å². The third kappa shape index (κ3) is 5.31. The quantitative estimate of drug-likeness (QED) is 0.341. The lowest BCUT2D eigenvalue weighted by Crippen LogP contribution is -2.44. The number of hydrogen-bond donors (Lipinski definition) is 1. The number of benzene rings is 2. The molecule has 0 radical (unpaired) electrons. The van der Waals surface area contributed by atoms with Crippen LogP contribution >= 0.6 is 0 Å². The van der Waals surface area contributed by atoms with E-state index in [0.717, 1.165) is 54.8 Å². The molecule has 36 heavy (non-hydrogen) atoms. The maximum atomic E-state index is 8.97. The van der Waals surface area contributed by atoms with Crippen LogP contribution in [0.4, 0.5) is 0 Å². The van der Waals surface area contributed by atoms with Crippen molar-refractivity contribution in [2.45, 2.75) is 89.8 Å². The van der Waals surface area contributed by atoms with E-state index in [9.17, 15) is 0 Å². The highest BCUT2D eigenvalue weighted by Crippen LogP contribution is 2.61. The molecule has 2 aromatic carbocycles. The van der Waals surface area contributed by atoms with Crippen molar-refractivity contribution in [2.75, 3.05) is 20.3 Å². The fourth-order valence-corrected chi connectivity index (χ4v) is 7.56. The van der Waals surface area contributed by atoms with Gasteiger partial charge >= 0.3 is 0 Å². The molecule has 0 unspecified atom stereocenters. The lowest BCUT2D eigenvalue weighted by molar-refractivity contribution is -0.0647. The summed E-state index contributed by atoms with van der Waals surface area (Å²) in [5, 5.41) is 8.97. The van der Waals surface area contributed by atoms with Crippen molar-refractivity contribution in [3.05, 3.63) is 59.2 Å². The normalized spacial score (nSPS) is 28.8. The maximum Gasteiger partial charge on any atom is 0.120 e. The second-order valence-corrected chi connectivity index (χ2v) is 11.5. The summed E-state index contributed by atoms with van der Waals surface area (Å²) < 4.78 is 17.9. The number of unbranched alkanes of at least 4 members (excludes halogenated alkanes) is 3. The minimum atomic E-state index is 0.312. The van der Waals surface area contributed by atoms with Crippen LogP contribution in [0.1, 0.15) is 87.3 Å². The summed E-state index contributed by atoms with van der Waals surface area (Å²) in [5.41, 5.74) is 4.58. The lowest BCUT2D eigenvalue weighted by atomic mass is 9.55. The van der Waals surface area contributed by atoms with Gasteiger partial charge in [0.15, 0.2) is 0 Å². The lowest BCUT2D eigenvalue weighted by Gasteiger charge is -2.50. The topological polar surface area (TPSA) is 47.9 Å². The summed E-state index contributed by atoms with van der Waals surface area (Å²) in [7, 11) is 1.69. The fraction of sp³-hybridized carbons (Fsp3) is 0.625. The zero-order chi connectivity index (χ0) is 25.0. The Morgan fingerprint density at radius 3 is 2.53 bits per heavy atom. The molecule has 3 aliphatic carbocycles. The van der Waals surface area contributed by atoms with Gasteiger partial charge in [-0.1, -0.05) is 38.0 Å². The first-order valence-electron chi connectivity index (χ1n) is 14.2. The summed E-state index contributed by atoms with van der Waals surface area (Å²) in [6.45, 7) is 4.31. The van der Waals surface area contributed by atoms with Crippen LogP contribution in [0.3, 0.4) is 0 Å². The zero-order valence-corrected chi connectivity index (χ0v) is 22.2. The van der Waals surface area contributed by atoms with Gasteiger partial charge < -0.3 is 19.3 Å². The minimum Gasteiger partial charge on any atom is -0.497 e. The second kappa shape index (κ2) is 11.6. The molecule has 5 atom stereocenters. The number of aliphatic hydroxyl groups excluding tert-OH is 1. The summed E-state index contributed by atoms with van der Waals surface area (Å²) in [6, 6.07) is 15.0. The van der Waals surface area contributed by atoms with Gasteiger partial charge in [0.05, 0.1) is 13.2 Å². The molecule has 4 heteroatoms. The first-order chi connectivity index (χ1) is 17.6. The first-order valence-corrected chi connectivity index (χ1v) is 14.2. The largest absolute Gasteiger partial charge is 0.497 e. The van der Waals surface area contributed by atoms with Gasteiger partial charge in [0.2, 0.25) is 0 Å². The molecular formula is C32H44O4. The van der Waals surface area contributed by atoms with Crippen molar-refractivity contribution in [3.63, 3.8) is 0 Å². The van der Waals surface area contributed by atoms with E-state index in [-0.39, 0.29) is 0 Å². The maximum absolute atomic E-state index is 8.97. The Kier molecular flexibility index (Phi) is 8.22. The Morgan fingerprint density at radius 1 is 0.917 bits per heavy atom. The van der Waals surface area contributed by atoms with Gasteiger partial charge in [0, 0.05) is 13.2 Å². The van der Waals surface area contributed by atoms with Crippen molar-refractivity contribution < 1.29 is 19.3 Å². The van der Waals surface area contributed by atoms with E-state index in [1.54, 1.807) is 12.7 Å². The molecule has 0 heterocycles. The van der Waals surface area contributed by atoms with Crippen LogP contribution < -0.4 is 9.47 Å². The Morgan fingerprint density at radius 2 is 1.72 bits per heavy atom. The molecule has 0 saturated heterocycles. The van der Waals surface area contributed by atoms with Gasteiger partial charge in [0.1, 0.15) is 18.1 Å². The highest BCUT2D eigenvalue weighted by Gasteiger charge is 2.55. The highest BCUT2D eigenvalue weighted by molar-refractivity contribution is 5.41. The number of methoxy groups -OCH3 is 1. The number of hydrogen-bond acceptors (Lipinski definition) is 4. The van der Waals surface area contributed by atoms with Crippen molar-refractivity contribution in [3.8, 4) is 11.5 Å². The van der Waals surface area contributed by atoms with Crippen LogP contribution in [0.25, 0.3) is 0 Å². The van der Waals surface area contributed by atoms with E-state index in [1.807, 2.05) is 12.1 Å².